The van der Waals surface area contributed by atoms with Gasteiger partial charge in [-0.25, -0.2) is 0 Å². The molecule has 136 valence electrons. The van der Waals surface area contributed by atoms with E-state index in [2.05, 4.69) is 0 Å². The van der Waals surface area contributed by atoms with Crippen molar-refractivity contribution in [1.82, 2.24) is 0 Å². The van der Waals surface area contributed by atoms with Gasteiger partial charge in [0.05, 0.1) is 26.9 Å². The summed E-state index contributed by atoms with van der Waals surface area (Å²) in [5.74, 6) is 2.35. The molecule has 0 unspecified atom stereocenters. The molecule has 1 aliphatic heterocycles. The molecular weight excluding hydrogens is 332 g/mol. The van der Waals surface area contributed by atoms with Crippen LogP contribution in [0.4, 0.5) is 0 Å². The molecule has 0 N–H and O–H groups in total. The Morgan fingerprint density at radius 2 is 1.58 bits per heavy atom. The molecule has 2 aromatic rings. The lowest BCUT2D eigenvalue weighted by molar-refractivity contribution is 0.100. The molecule has 3 rings (SSSR count). The number of carbonyl (C=O) groups is 1. The van der Waals surface area contributed by atoms with Gasteiger partial charge in [-0.05, 0) is 43.2 Å². The predicted molar refractivity (Wildman–Crippen MR) is 99.8 cm³/mol. The molecule has 0 amide bonds. The summed E-state index contributed by atoms with van der Waals surface area (Å²) in [7, 11) is 4.71. The van der Waals surface area contributed by atoms with Crippen LogP contribution in [0.5, 0.6) is 23.0 Å². The minimum Gasteiger partial charge on any atom is -0.496 e. The highest BCUT2D eigenvalue weighted by Crippen LogP contribution is 2.37. The Labute approximate surface area is 153 Å². The van der Waals surface area contributed by atoms with Crippen LogP contribution < -0.4 is 18.9 Å². The fourth-order valence-electron chi connectivity index (χ4n) is 3.16. The van der Waals surface area contributed by atoms with Gasteiger partial charge in [0, 0.05) is 17.2 Å². The zero-order valence-electron chi connectivity index (χ0n) is 15.6. The Morgan fingerprint density at radius 3 is 2.23 bits per heavy atom. The number of ether oxygens (including phenoxy) is 4. The molecule has 1 aliphatic rings. The second-order valence-electron chi connectivity index (χ2n) is 6.20. The zero-order valence-corrected chi connectivity index (χ0v) is 15.6. The largest absolute Gasteiger partial charge is 0.496 e. The molecule has 0 saturated heterocycles. The van der Waals surface area contributed by atoms with Gasteiger partial charge in [0.2, 0.25) is 0 Å². The molecule has 0 atom stereocenters. The third-order valence-electron chi connectivity index (χ3n) is 4.39. The standard InChI is InChI=1S/C21H22O5/c1-12-6-13(2)21-16(7-12)20(22)15(11-26-21)8-14-9-18(24-4)19(25-5)10-17(14)23-3/h6-10H,11H2,1-5H3/b15-8+. The number of ketones is 1. The molecule has 1 heterocycles. The Morgan fingerprint density at radius 1 is 0.923 bits per heavy atom. The summed E-state index contributed by atoms with van der Waals surface area (Å²) in [4.78, 5) is 13.0. The van der Waals surface area contributed by atoms with Gasteiger partial charge in [0.1, 0.15) is 18.1 Å². The van der Waals surface area contributed by atoms with Crippen LogP contribution in [0.25, 0.3) is 6.08 Å². The van der Waals surface area contributed by atoms with Gasteiger partial charge in [-0.1, -0.05) is 6.07 Å². The van der Waals surface area contributed by atoms with Crippen molar-refractivity contribution < 1.29 is 23.7 Å². The Kier molecular flexibility index (Phi) is 4.89. The molecule has 26 heavy (non-hydrogen) atoms. The van der Waals surface area contributed by atoms with Crippen molar-refractivity contribution >= 4 is 11.9 Å². The van der Waals surface area contributed by atoms with Gasteiger partial charge in [-0.2, -0.15) is 0 Å². The van der Waals surface area contributed by atoms with Gasteiger partial charge in [0.25, 0.3) is 0 Å². The van der Waals surface area contributed by atoms with Gasteiger partial charge in [-0.15, -0.1) is 0 Å². The van der Waals surface area contributed by atoms with Gasteiger partial charge < -0.3 is 18.9 Å². The summed E-state index contributed by atoms with van der Waals surface area (Å²) in [5.41, 5.74) is 3.89. The number of methoxy groups -OCH3 is 3. The Bertz CT molecular complexity index is 896. The van der Waals surface area contributed by atoms with E-state index in [-0.39, 0.29) is 12.4 Å². The molecule has 0 aliphatic carbocycles. The third-order valence-corrected chi connectivity index (χ3v) is 4.39. The third kappa shape index (κ3) is 3.12. The van der Waals surface area contributed by atoms with Crippen LogP contribution in [-0.2, 0) is 0 Å². The maximum Gasteiger partial charge on any atom is 0.196 e. The lowest BCUT2D eigenvalue weighted by Gasteiger charge is -2.21. The highest BCUT2D eigenvalue weighted by molar-refractivity contribution is 6.14. The van der Waals surface area contributed by atoms with Gasteiger partial charge in [0.15, 0.2) is 17.3 Å². The number of hydrogen-bond donors (Lipinski definition) is 0. The number of Topliss-reactive ketones (excluding diaryl/α,β-unsaturated/α-hetero) is 1. The molecule has 0 aromatic heterocycles. The van der Waals surface area contributed by atoms with E-state index >= 15 is 0 Å². The number of fused-ring (bicyclic) bond motifs is 1. The molecule has 0 bridgehead atoms. The van der Waals surface area contributed by atoms with Gasteiger partial charge >= 0.3 is 0 Å². The van der Waals surface area contributed by atoms with Crippen LogP contribution in [0.3, 0.4) is 0 Å². The predicted octanol–water partition coefficient (Wildman–Crippen LogP) is 3.99. The summed E-state index contributed by atoms with van der Waals surface area (Å²) in [6.45, 7) is 4.13. The zero-order chi connectivity index (χ0) is 18.8. The average molecular weight is 354 g/mol. The van der Waals surface area contributed by atoms with Crippen LogP contribution in [-0.4, -0.2) is 33.7 Å². The van der Waals surface area contributed by atoms with E-state index in [0.717, 1.165) is 16.7 Å². The lowest BCUT2D eigenvalue weighted by Crippen LogP contribution is -2.20. The van der Waals surface area contributed by atoms with Crippen LogP contribution in [0.1, 0.15) is 27.0 Å². The summed E-state index contributed by atoms with van der Waals surface area (Å²) in [5, 5.41) is 0. The first-order valence-corrected chi connectivity index (χ1v) is 8.27. The molecule has 0 fully saturated rings. The molecule has 5 heteroatoms. The summed E-state index contributed by atoms with van der Waals surface area (Å²) in [6, 6.07) is 7.40. The molecule has 0 spiro atoms. The van der Waals surface area contributed by atoms with E-state index in [1.165, 1.54) is 0 Å². The van der Waals surface area contributed by atoms with E-state index in [4.69, 9.17) is 18.9 Å². The van der Waals surface area contributed by atoms with Crippen LogP contribution in [0, 0.1) is 13.8 Å². The summed E-state index contributed by atoms with van der Waals surface area (Å²) >= 11 is 0. The minimum absolute atomic E-state index is 0.0325. The Balaban J connectivity index is 2.07. The number of hydrogen-bond acceptors (Lipinski definition) is 5. The molecule has 0 saturated carbocycles. The van der Waals surface area contributed by atoms with Crippen molar-refractivity contribution in [3.8, 4) is 23.0 Å². The molecule has 5 nitrogen and oxygen atoms in total. The van der Waals surface area contributed by atoms with Crippen LogP contribution >= 0.6 is 0 Å². The van der Waals surface area contributed by atoms with Crippen LogP contribution in [0.2, 0.25) is 0 Å². The number of carbonyl (C=O) groups excluding carboxylic acids is 1. The van der Waals surface area contributed by atoms with Crippen molar-refractivity contribution in [3.05, 3.63) is 52.1 Å². The smallest absolute Gasteiger partial charge is 0.196 e. The maximum atomic E-state index is 13.0. The first kappa shape index (κ1) is 17.9. The topological polar surface area (TPSA) is 54.0 Å². The quantitative estimate of drug-likeness (QED) is 0.777. The second kappa shape index (κ2) is 7.12. The minimum atomic E-state index is -0.0325. The fourth-order valence-corrected chi connectivity index (χ4v) is 3.16. The summed E-state index contributed by atoms with van der Waals surface area (Å²) < 4.78 is 21.9. The van der Waals surface area contributed by atoms with Crippen molar-refractivity contribution in [2.45, 2.75) is 13.8 Å². The van der Waals surface area contributed by atoms with E-state index in [1.54, 1.807) is 39.5 Å². The maximum absolute atomic E-state index is 13.0. The van der Waals surface area contributed by atoms with Crippen LogP contribution in [0.15, 0.2) is 29.8 Å². The average Bonchev–Trinajstić information content (AvgIpc) is 2.63. The highest BCUT2D eigenvalue weighted by Gasteiger charge is 2.25. The van der Waals surface area contributed by atoms with E-state index in [0.29, 0.717) is 34.1 Å². The SMILES string of the molecule is COc1cc(OC)c(OC)cc1/C=C1\COc2c(C)cc(C)cc2C1=O. The Hall–Kier alpha value is -2.95. The number of rotatable bonds is 4. The van der Waals surface area contributed by atoms with Crippen molar-refractivity contribution in [1.29, 1.82) is 0 Å². The molecular formula is C21H22O5. The fraction of sp³-hybridized carbons (Fsp3) is 0.286. The highest BCUT2D eigenvalue weighted by atomic mass is 16.5. The molecule has 0 radical (unpaired) electrons. The second-order valence-corrected chi connectivity index (χ2v) is 6.20. The van der Waals surface area contributed by atoms with E-state index in [9.17, 15) is 4.79 Å². The number of aryl methyl sites for hydroxylation is 2. The van der Waals surface area contributed by atoms with E-state index in [1.807, 2.05) is 26.0 Å². The molecule has 2 aromatic carbocycles. The van der Waals surface area contributed by atoms with Gasteiger partial charge in [-0.3, -0.25) is 4.79 Å². The lowest BCUT2D eigenvalue weighted by atomic mass is 9.94. The van der Waals surface area contributed by atoms with E-state index < -0.39 is 0 Å². The van der Waals surface area contributed by atoms with Crippen molar-refractivity contribution in [2.75, 3.05) is 27.9 Å². The normalized spacial score (nSPS) is 14.7. The first-order chi connectivity index (χ1) is 12.5. The number of benzene rings is 2. The van der Waals surface area contributed by atoms with Crippen molar-refractivity contribution in [3.63, 3.8) is 0 Å². The van der Waals surface area contributed by atoms with Crippen molar-refractivity contribution in [2.24, 2.45) is 0 Å². The first-order valence-electron chi connectivity index (χ1n) is 8.27. The monoisotopic (exact) mass is 354 g/mol. The summed E-state index contributed by atoms with van der Waals surface area (Å²) in [6.07, 6.45) is 1.78.